The first-order valence-electron chi connectivity index (χ1n) is 33.8. The molecule has 3 aliphatic carbocycles. The van der Waals surface area contributed by atoms with E-state index < -0.39 is 10.8 Å². The first kappa shape index (κ1) is 59.9. The topological polar surface area (TPSA) is 9.86 Å². The number of para-hydroxylation sites is 6. The molecule has 0 unspecified atom stereocenters. The Hall–Kier alpha value is -10.1. The molecule has 22 rings (SSSR count). The van der Waals surface area contributed by atoms with Crippen molar-refractivity contribution in [2.75, 3.05) is 0 Å². The highest BCUT2D eigenvalue weighted by molar-refractivity contribution is 9.11. The van der Waals surface area contributed by atoms with Gasteiger partial charge in [-0.05, 0) is 208 Å². The third-order valence-electron chi connectivity index (χ3n) is 21.9. The maximum Gasteiger partial charge on any atom is 0.0755 e. The Morgan fingerprint density at radius 1 is 0.260 bits per heavy atom. The Morgan fingerprint density at radius 3 is 1.07 bits per heavy atom. The number of halogens is 5. The van der Waals surface area contributed by atoms with Crippen molar-refractivity contribution in [3.05, 3.63) is 412 Å². The van der Waals surface area contributed by atoms with Crippen molar-refractivity contribution >= 4 is 115 Å². The van der Waals surface area contributed by atoms with E-state index in [0.717, 1.165) is 30.1 Å². The fraction of sp³-hybridized carbons (Fsp3) is 0.0323. The summed E-state index contributed by atoms with van der Waals surface area (Å²) >= 11 is 23.9. The van der Waals surface area contributed by atoms with Gasteiger partial charge in [-0.3, -0.25) is 0 Å². The summed E-state index contributed by atoms with van der Waals surface area (Å²) < 4.78 is 8.36. The Labute approximate surface area is 614 Å². The molecule has 0 saturated carbocycles. The zero-order valence-corrected chi connectivity index (χ0v) is 59.8. The fourth-order valence-corrected chi connectivity index (χ4v) is 19.5. The average molecular weight is 1510 g/mol. The molecule has 4 heterocycles. The highest BCUT2D eigenvalue weighted by atomic mass is 79.9. The van der Waals surface area contributed by atoms with E-state index in [1.165, 1.54) is 165 Å². The third kappa shape index (κ3) is 8.54. The monoisotopic (exact) mass is 1510 g/mol. The summed E-state index contributed by atoms with van der Waals surface area (Å²) in [6.07, 6.45) is 0. The maximum absolute atomic E-state index is 6.32. The van der Waals surface area contributed by atoms with E-state index in [-0.39, 0.29) is 0 Å². The highest BCUT2D eigenvalue weighted by Crippen LogP contribution is 2.64. The molecule has 2 nitrogen and oxygen atoms in total. The summed E-state index contributed by atoms with van der Waals surface area (Å²) in [7, 11) is 0. The van der Waals surface area contributed by atoms with Crippen molar-refractivity contribution in [1.82, 2.24) is 9.13 Å². The van der Waals surface area contributed by atoms with Gasteiger partial charge in [-0.15, -0.1) is 0 Å². The molecule has 100 heavy (non-hydrogen) atoms. The van der Waals surface area contributed by atoms with Crippen LogP contribution in [0.1, 0.15) is 67.1 Å². The van der Waals surface area contributed by atoms with Gasteiger partial charge in [-0.1, -0.05) is 308 Å². The normalized spacial score (nSPS) is 13.8. The van der Waals surface area contributed by atoms with Crippen LogP contribution in [-0.4, -0.2) is 9.13 Å². The Bertz CT molecular complexity index is 6120. The van der Waals surface area contributed by atoms with E-state index >= 15 is 0 Å². The molecule has 0 N–H and O–H groups in total. The number of fused-ring (bicyclic) bond motifs is 27. The summed E-state index contributed by atoms with van der Waals surface area (Å²) in [5, 5.41) is 6.64. The van der Waals surface area contributed by atoms with Crippen LogP contribution >= 0.6 is 71.0 Å². The van der Waals surface area contributed by atoms with Crippen LogP contribution in [0.25, 0.3) is 111 Å². The molecule has 0 bridgehead atoms. The number of hydrogen-bond donors (Lipinski definition) is 0. The highest BCUT2D eigenvalue weighted by Gasteiger charge is 2.53. The summed E-state index contributed by atoms with van der Waals surface area (Å²) in [5.74, 6) is 0.331. The summed E-state index contributed by atoms with van der Waals surface area (Å²) in [6.45, 7) is 0. The van der Waals surface area contributed by atoms with Gasteiger partial charge in [0.2, 0.25) is 0 Å². The molecular formula is C93H55Br3Cl2N2. The first-order chi connectivity index (χ1) is 49.2. The second kappa shape index (κ2) is 23.0. The first-order valence-corrected chi connectivity index (χ1v) is 36.9. The van der Waals surface area contributed by atoms with Crippen molar-refractivity contribution in [2.45, 2.75) is 16.7 Å². The molecule has 17 aromatic rings. The number of benzene rings is 15. The lowest BCUT2D eigenvalue weighted by atomic mass is 9.65. The van der Waals surface area contributed by atoms with Gasteiger partial charge in [0, 0.05) is 50.9 Å². The summed E-state index contributed by atoms with van der Waals surface area (Å²) in [6, 6.07) is 119. The quantitative estimate of drug-likeness (QED) is 0.167. The summed E-state index contributed by atoms with van der Waals surface area (Å²) in [5.41, 5.74) is 33.9. The number of aromatic nitrogens is 2. The van der Waals surface area contributed by atoms with Gasteiger partial charge in [-0.25, -0.2) is 0 Å². The fourth-order valence-electron chi connectivity index (χ4n) is 18.0. The second-order valence-corrected chi connectivity index (χ2v) is 30.2. The van der Waals surface area contributed by atoms with Gasteiger partial charge in [0.25, 0.3) is 0 Å². The van der Waals surface area contributed by atoms with Crippen molar-refractivity contribution in [3.8, 4) is 67.0 Å². The van der Waals surface area contributed by atoms with Crippen LogP contribution in [0, 0.1) is 0 Å². The molecule has 15 aromatic carbocycles. The molecule has 472 valence electrons. The smallest absolute Gasteiger partial charge is 0.0755 e. The maximum atomic E-state index is 6.32. The predicted octanol–water partition coefficient (Wildman–Crippen LogP) is 26.7. The molecule has 0 radical (unpaired) electrons. The van der Waals surface area contributed by atoms with Gasteiger partial charge in [0.15, 0.2) is 0 Å². The van der Waals surface area contributed by atoms with Gasteiger partial charge < -0.3 is 9.13 Å². The van der Waals surface area contributed by atoms with Crippen molar-refractivity contribution < 1.29 is 0 Å². The van der Waals surface area contributed by atoms with Crippen LogP contribution in [0.3, 0.4) is 0 Å². The van der Waals surface area contributed by atoms with Gasteiger partial charge in [0.1, 0.15) is 0 Å². The van der Waals surface area contributed by atoms with Crippen LogP contribution in [0.2, 0.25) is 10.0 Å². The lowest BCUT2D eigenvalue weighted by Gasteiger charge is -2.40. The van der Waals surface area contributed by atoms with Crippen LogP contribution < -0.4 is 0 Å². The van der Waals surface area contributed by atoms with E-state index in [1.807, 2.05) is 24.3 Å². The standard InChI is InChI=1S/C43H25Cl2N.C31H17Br2N.C19H13Br/c44-30-18-12-26(13-19-30)28-16-22-32-33-23-17-29(27-14-20-31(45)21-15-27)25-39(33)43(38(32)24-28)36-8-2-4-11-41(36)46-40-10-3-1-6-34(40)35-7-5-9-37(43)42(35)46;32-18-12-14-20-21-15-13-19(33)17-27(21)31(26(20)16-18)24-8-2-4-11-29(24)34-28-10-3-1-6-22(28)23-7-5-9-25(31)30(23)34;20-18-12-6-5-11-17(18)19-15-9-3-1-7-13(15)14-8-2-4-10-16(14)19/h1-25H;1-17H;1-12,19H. The molecular weight excluding hydrogens is 1460 g/mol. The molecule has 5 aliphatic rings. The van der Waals surface area contributed by atoms with Gasteiger partial charge in [0.05, 0.1) is 44.3 Å². The van der Waals surface area contributed by atoms with E-state index in [9.17, 15) is 0 Å². The zero-order valence-electron chi connectivity index (χ0n) is 53.5. The second-order valence-electron chi connectivity index (χ2n) is 26.7. The predicted molar refractivity (Wildman–Crippen MR) is 427 cm³/mol. The van der Waals surface area contributed by atoms with Crippen LogP contribution in [0.15, 0.2) is 341 Å². The summed E-state index contributed by atoms with van der Waals surface area (Å²) in [4.78, 5) is 0. The minimum atomic E-state index is -0.532. The van der Waals surface area contributed by atoms with E-state index in [0.29, 0.717) is 5.92 Å². The lowest BCUT2D eigenvalue weighted by molar-refractivity contribution is 0.747. The minimum Gasteiger partial charge on any atom is -0.309 e. The lowest BCUT2D eigenvalue weighted by Crippen LogP contribution is -2.33. The SMILES string of the molecule is Brc1ccc2c(c1)C1(c3cc(Br)ccc3-2)c2ccccc2-n2c3ccccc3c3cccc1c32.Brc1ccccc1C1c2ccccc2-c2ccccc21.Clc1ccc(-c2ccc3c(c2)C2(c4cc(-c5ccc(Cl)cc5)ccc4-3)c3ccccc3-n3c4ccccc4c4cccc2c43)cc1. The minimum absolute atomic E-state index is 0.331. The molecule has 2 aliphatic heterocycles. The Kier molecular flexibility index (Phi) is 13.8. The molecule has 2 spiro atoms. The van der Waals surface area contributed by atoms with Crippen molar-refractivity contribution in [3.63, 3.8) is 0 Å². The zero-order chi connectivity index (χ0) is 66.7. The average Bonchev–Trinajstić information content (AvgIpc) is 1.61. The molecule has 7 heteroatoms. The molecule has 2 aromatic heterocycles. The van der Waals surface area contributed by atoms with E-state index in [1.54, 1.807) is 0 Å². The van der Waals surface area contributed by atoms with E-state index in [2.05, 4.69) is 360 Å². The molecule has 0 amide bonds. The number of hydrogen-bond acceptors (Lipinski definition) is 0. The van der Waals surface area contributed by atoms with Crippen LogP contribution in [-0.2, 0) is 10.8 Å². The molecule has 0 atom stereocenters. The third-order valence-corrected chi connectivity index (χ3v) is 24.1. The molecule has 0 saturated heterocycles. The van der Waals surface area contributed by atoms with Crippen molar-refractivity contribution in [1.29, 1.82) is 0 Å². The van der Waals surface area contributed by atoms with E-state index in [4.69, 9.17) is 23.2 Å². The van der Waals surface area contributed by atoms with Crippen LogP contribution in [0.4, 0.5) is 0 Å². The van der Waals surface area contributed by atoms with Crippen molar-refractivity contribution in [2.24, 2.45) is 0 Å². The van der Waals surface area contributed by atoms with Gasteiger partial charge >= 0.3 is 0 Å². The molecule has 0 fully saturated rings. The Morgan fingerprint density at radius 2 is 0.610 bits per heavy atom. The number of nitrogens with zero attached hydrogens (tertiary/aromatic N) is 2. The van der Waals surface area contributed by atoms with Crippen LogP contribution in [0.5, 0.6) is 0 Å². The number of rotatable bonds is 3. The Balaban J connectivity index is 0.000000109. The van der Waals surface area contributed by atoms with Gasteiger partial charge in [-0.2, -0.15) is 0 Å². The largest absolute Gasteiger partial charge is 0.309 e.